The Labute approximate surface area is 186 Å². The van der Waals surface area contributed by atoms with E-state index in [0.29, 0.717) is 11.7 Å². The van der Waals surface area contributed by atoms with Crippen molar-refractivity contribution < 1.29 is 9.53 Å². The first-order valence-electron chi connectivity index (χ1n) is 10.4. The molecule has 1 N–H and O–H groups in total. The van der Waals surface area contributed by atoms with Crippen LogP contribution in [0.2, 0.25) is 0 Å². The summed E-state index contributed by atoms with van der Waals surface area (Å²) in [5, 5.41) is 12.6. The largest absolute Gasteiger partial charge is 0.379 e. The van der Waals surface area contributed by atoms with Crippen LogP contribution in [0.25, 0.3) is 5.69 Å². The molecule has 162 valence electrons. The van der Waals surface area contributed by atoms with Crippen molar-refractivity contribution in [2.75, 3.05) is 37.4 Å². The van der Waals surface area contributed by atoms with Crippen LogP contribution in [0.4, 0.5) is 5.69 Å². The monoisotopic (exact) mass is 437 g/mol. The molecule has 0 saturated carbocycles. The van der Waals surface area contributed by atoms with Crippen molar-refractivity contribution in [3.8, 4) is 5.69 Å². The minimum atomic E-state index is -0.0558. The van der Waals surface area contributed by atoms with Crippen LogP contribution in [0.1, 0.15) is 17.0 Å². The van der Waals surface area contributed by atoms with Crippen molar-refractivity contribution in [1.82, 2.24) is 19.7 Å². The molecule has 0 bridgehead atoms. The summed E-state index contributed by atoms with van der Waals surface area (Å²) in [5.41, 5.74) is 3.98. The van der Waals surface area contributed by atoms with Gasteiger partial charge in [0.1, 0.15) is 0 Å². The van der Waals surface area contributed by atoms with Crippen LogP contribution in [0.5, 0.6) is 0 Å². The second-order valence-electron chi connectivity index (χ2n) is 7.56. The molecule has 8 heteroatoms. The second kappa shape index (κ2) is 10.1. The van der Waals surface area contributed by atoms with E-state index < -0.39 is 0 Å². The maximum atomic E-state index is 12.7. The van der Waals surface area contributed by atoms with E-state index in [-0.39, 0.29) is 11.7 Å². The number of carbonyl (C=O) groups is 1. The molecule has 1 saturated heterocycles. The zero-order valence-electron chi connectivity index (χ0n) is 17.9. The number of aryl methyl sites for hydroxylation is 2. The zero-order valence-corrected chi connectivity index (χ0v) is 18.7. The summed E-state index contributed by atoms with van der Waals surface area (Å²) >= 11 is 1.40. The van der Waals surface area contributed by atoms with Crippen molar-refractivity contribution in [3.63, 3.8) is 0 Å². The van der Waals surface area contributed by atoms with Crippen LogP contribution < -0.4 is 5.32 Å². The summed E-state index contributed by atoms with van der Waals surface area (Å²) < 4.78 is 7.50. The topological polar surface area (TPSA) is 72.3 Å². The van der Waals surface area contributed by atoms with Gasteiger partial charge in [0.05, 0.1) is 25.5 Å². The number of aromatic nitrogens is 3. The molecule has 0 unspecified atom stereocenters. The highest BCUT2D eigenvalue weighted by atomic mass is 32.2. The molecule has 2 heterocycles. The van der Waals surface area contributed by atoms with Crippen LogP contribution in [0.15, 0.2) is 53.7 Å². The number of hydrogen-bond acceptors (Lipinski definition) is 6. The van der Waals surface area contributed by atoms with Gasteiger partial charge in [-0.3, -0.25) is 14.3 Å². The Bertz CT molecular complexity index is 1010. The van der Waals surface area contributed by atoms with Crippen LogP contribution in [0, 0.1) is 13.8 Å². The third-order valence-electron chi connectivity index (χ3n) is 5.26. The molecule has 1 aromatic heterocycles. The molecule has 0 atom stereocenters. The van der Waals surface area contributed by atoms with Crippen molar-refractivity contribution in [2.24, 2.45) is 0 Å². The lowest BCUT2D eigenvalue weighted by Gasteiger charge is -2.26. The normalized spacial score (nSPS) is 14.5. The van der Waals surface area contributed by atoms with Crippen LogP contribution in [-0.4, -0.2) is 57.6 Å². The Kier molecular flexibility index (Phi) is 7.01. The van der Waals surface area contributed by atoms with E-state index in [0.717, 1.165) is 54.6 Å². The van der Waals surface area contributed by atoms with Gasteiger partial charge in [-0.1, -0.05) is 48.2 Å². The lowest BCUT2D eigenvalue weighted by molar-refractivity contribution is -0.113. The Morgan fingerprint density at radius 3 is 2.45 bits per heavy atom. The number of morpholine rings is 1. The summed E-state index contributed by atoms with van der Waals surface area (Å²) in [7, 11) is 0. The number of rotatable bonds is 7. The Balaban J connectivity index is 1.50. The van der Waals surface area contributed by atoms with E-state index in [1.54, 1.807) is 0 Å². The summed E-state index contributed by atoms with van der Waals surface area (Å²) in [5.74, 6) is 1.07. The van der Waals surface area contributed by atoms with Gasteiger partial charge in [-0.15, -0.1) is 10.2 Å². The molecular weight excluding hydrogens is 410 g/mol. The maximum absolute atomic E-state index is 12.7. The average Bonchev–Trinajstić information content (AvgIpc) is 3.18. The van der Waals surface area contributed by atoms with Crippen molar-refractivity contribution in [1.29, 1.82) is 0 Å². The molecule has 4 rings (SSSR count). The molecule has 0 spiro atoms. The molecule has 3 aromatic rings. The van der Waals surface area contributed by atoms with Gasteiger partial charge < -0.3 is 10.1 Å². The van der Waals surface area contributed by atoms with E-state index in [1.807, 2.05) is 66.9 Å². The van der Waals surface area contributed by atoms with Crippen molar-refractivity contribution in [2.45, 2.75) is 25.5 Å². The fourth-order valence-corrected chi connectivity index (χ4v) is 4.38. The fraction of sp³-hybridized carbons (Fsp3) is 0.348. The number of amides is 1. The predicted octanol–water partition coefficient (Wildman–Crippen LogP) is 3.45. The molecule has 1 aliphatic heterocycles. The molecule has 0 aliphatic carbocycles. The van der Waals surface area contributed by atoms with Gasteiger partial charge in [-0.2, -0.15) is 0 Å². The number of thioether (sulfide) groups is 1. The predicted molar refractivity (Wildman–Crippen MR) is 123 cm³/mol. The average molecular weight is 438 g/mol. The molecular formula is C23H27N5O2S. The minimum absolute atomic E-state index is 0.0558. The number of nitrogens with one attached hydrogen (secondary N) is 1. The Morgan fingerprint density at radius 1 is 1.03 bits per heavy atom. The molecule has 1 amide bonds. The highest BCUT2D eigenvalue weighted by Crippen LogP contribution is 2.24. The molecule has 31 heavy (non-hydrogen) atoms. The quantitative estimate of drug-likeness (QED) is 0.571. The van der Waals surface area contributed by atoms with Gasteiger partial charge in [0.25, 0.3) is 0 Å². The smallest absolute Gasteiger partial charge is 0.234 e. The minimum Gasteiger partial charge on any atom is -0.379 e. The van der Waals surface area contributed by atoms with Crippen LogP contribution >= 0.6 is 11.8 Å². The first-order valence-corrected chi connectivity index (χ1v) is 11.4. The SMILES string of the molecule is Cc1cccc(C)c1NC(=O)CSc1nnc(CN2CCOCC2)n1-c1ccccc1. The standard InChI is InChI=1S/C23H27N5O2S/c1-17-7-6-8-18(2)22(17)24-21(29)16-31-23-26-25-20(15-27-11-13-30-14-12-27)28(23)19-9-4-3-5-10-19/h3-10H,11-16H2,1-2H3,(H,24,29). The van der Waals surface area contributed by atoms with Gasteiger partial charge in [0.2, 0.25) is 5.91 Å². The third-order valence-corrected chi connectivity index (χ3v) is 6.19. The van der Waals surface area contributed by atoms with Gasteiger partial charge in [-0.05, 0) is 37.1 Å². The van der Waals surface area contributed by atoms with E-state index in [2.05, 4.69) is 20.4 Å². The molecule has 1 aliphatic rings. The van der Waals surface area contributed by atoms with Crippen LogP contribution in [0.3, 0.4) is 0 Å². The number of hydrogen-bond donors (Lipinski definition) is 1. The first kappa shape index (κ1) is 21.5. The first-order chi connectivity index (χ1) is 15.1. The number of carbonyl (C=O) groups excluding carboxylic acids is 1. The molecule has 1 fully saturated rings. The van der Waals surface area contributed by atoms with Gasteiger partial charge in [0, 0.05) is 24.5 Å². The summed E-state index contributed by atoms with van der Waals surface area (Å²) in [6.07, 6.45) is 0. The zero-order chi connectivity index (χ0) is 21.6. The fourth-order valence-electron chi connectivity index (χ4n) is 3.61. The lowest BCUT2D eigenvalue weighted by atomic mass is 10.1. The highest BCUT2D eigenvalue weighted by molar-refractivity contribution is 7.99. The highest BCUT2D eigenvalue weighted by Gasteiger charge is 2.20. The van der Waals surface area contributed by atoms with Crippen molar-refractivity contribution in [3.05, 3.63) is 65.5 Å². The third kappa shape index (κ3) is 5.33. The van der Waals surface area contributed by atoms with Gasteiger partial charge in [0.15, 0.2) is 11.0 Å². The second-order valence-corrected chi connectivity index (χ2v) is 8.50. The number of ether oxygens (including phenoxy) is 1. The summed E-state index contributed by atoms with van der Waals surface area (Å²) in [4.78, 5) is 15.0. The van der Waals surface area contributed by atoms with Crippen molar-refractivity contribution >= 4 is 23.4 Å². The lowest BCUT2D eigenvalue weighted by Crippen LogP contribution is -2.36. The number of anilines is 1. The molecule has 2 aromatic carbocycles. The Hall–Kier alpha value is -2.68. The number of benzene rings is 2. The van der Waals surface area contributed by atoms with Gasteiger partial charge >= 0.3 is 0 Å². The maximum Gasteiger partial charge on any atom is 0.234 e. The van der Waals surface area contributed by atoms with E-state index >= 15 is 0 Å². The number of para-hydroxylation sites is 2. The summed E-state index contributed by atoms with van der Waals surface area (Å²) in [6, 6.07) is 16.0. The van der Waals surface area contributed by atoms with Gasteiger partial charge in [-0.25, -0.2) is 0 Å². The number of nitrogens with zero attached hydrogens (tertiary/aromatic N) is 4. The Morgan fingerprint density at radius 2 is 1.74 bits per heavy atom. The van der Waals surface area contributed by atoms with E-state index in [4.69, 9.17) is 4.74 Å². The molecule has 0 radical (unpaired) electrons. The summed E-state index contributed by atoms with van der Waals surface area (Å²) in [6.45, 7) is 7.92. The molecule has 7 nitrogen and oxygen atoms in total. The van der Waals surface area contributed by atoms with Crippen LogP contribution in [-0.2, 0) is 16.1 Å². The van der Waals surface area contributed by atoms with E-state index in [9.17, 15) is 4.79 Å². The van der Waals surface area contributed by atoms with E-state index in [1.165, 1.54) is 11.8 Å².